The van der Waals surface area contributed by atoms with Gasteiger partial charge >= 0.3 is 0 Å². The molecule has 0 atom stereocenters. The third-order valence-electron chi connectivity index (χ3n) is 25.5. The first-order chi connectivity index (χ1) is 72.3. The summed E-state index contributed by atoms with van der Waals surface area (Å²) in [5, 5.41) is 25.6. The average molecular weight is 2180 g/mol. The van der Waals surface area contributed by atoms with Crippen LogP contribution in [0.3, 0.4) is 0 Å². The number of rotatable bonds is 18. The van der Waals surface area contributed by atoms with E-state index in [-0.39, 0.29) is 110 Å². The minimum absolute atomic E-state index is 0. The first-order valence-corrected chi connectivity index (χ1v) is 46.0. The first-order valence-electron chi connectivity index (χ1n) is 56.0. The van der Waals surface area contributed by atoms with E-state index in [4.69, 9.17) is 43.2 Å². The smallest absolute Gasteiger partial charge is 0.148 e. The van der Waals surface area contributed by atoms with Crippen LogP contribution in [0.5, 0.6) is 11.5 Å². The molecule has 0 aliphatic rings. The maximum atomic E-state index is 12.8. The molecular weight excluding hydrogens is 2030 g/mol. The zero-order chi connectivity index (χ0) is 112. The number of aryl methyl sites for hydroxylation is 3. The molecule has 0 unspecified atom stereocenters. The molecule has 0 radical (unpaired) electrons. The Morgan fingerprint density at radius 2 is 0.664 bits per heavy atom. The van der Waals surface area contributed by atoms with Crippen molar-refractivity contribution in [1.29, 1.82) is 0 Å². The van der Waals surface area contributed by atoms with Crippen molar-refractivity contribution in [3.63, 3.8) is 0 Å². The largest absolute Gasteiger partial charge is 0.507 e. The maximum Gasteiger partial charge on any atom is 0.148 e. The maximum absolute atomic E-state index is 12.8. The van der Waals surface area contributed by atoms with Gasteiger partial charge in [0, 0.05) is 104 Å². The number of imidazole rings is 2. The Bertz CT molecular complexity index is 8360. The van der Waals surface area contributed by atoms with Crippen molar-refractivity contribution in [1.82, 2.24) is 29.1 Å². The summed E-state index contributed by atoms with van der Waals surface area (Å²) in [4.78, 5) is 20.5. The molecule has 0 bridgehead atoms. The minimum Gasteiger partial charge on any atom is -0.507 e. The second-order valence-electron chi connectivity index (χ2n) is 39.2. The van der Waals surface area contributed by atoms with Crippen LogP contribution in [0.25, 0.3) is 168 Å². The Kier molecular flexibility index (Phi) is 21.9. The fourth-order valence-corrected chi connectivity index (χ4v) is 17.6. The van der Waals surface area contributed by atoms with Crippen LogP contribution in [0.4, 0.5) is 0 Å². The van der Waals surface area contributed by atoms with Crippen molar-refractivity contribution in [2.24, 2.45) is 0 Å². The Labute approximate surface area is 869 Å². The van der Waals surface area contributed by atoms with Gasteiger partial charge in [0.1, 0.15) is 23.1 Å². The SMILES string of the molecule is [2H]C([2H])([2H])c1cc(-c2cc(C(C)C)cc(C([2H])(C)C)c2)ccc1-n1c(-c2cc(C(C)(C)C)cc(C(C)(C([2H])([2H])[2H])C([2H])([2H])[2H])c2O)nc2c(-c3[c-]c(-c4cc(-c5ccc(C)cc5)ccn4)cc(-c4ccccc4)c3)cccc21.[2H]C([2H])([2H])c1cc(-c2cc(C(C)C)cc(C([2H])(C)C)c2)ccc1-n1c(-c2cc(C(C)(C)C)cc(C(C)(C([2H])([2H])[2H])C([2H])([2H])[2H])c2O)nc2c(-c3[c-]c(-c4cc(-c5ccccc5)ccn4)cc(-c4ccccc4)c3)cccc21.[Pt].[Pt]. The van der Waals surface area contributed by atoms with Crippen molar-refractivity contribution in [3.05, 3.63) is 383 Å². The molecule has 10 heteroatoms. The van der Waals surface area contributed by atoms with E-state index in [0.717, 1.165) is 97.3 Å². The molecule has 698 valence electrons. The van der Waals surface area contributed by atoms with Crippen molar-refractivity contribution < 1.29 is 79.8 Å². The van der Waals surface area contributed by atoms with Gasteiger partial charge in [0.25, 0.3) is 0 Å². The number of pyridine rings is 2. The van der Waals surface area contributed by atoms with E-state index in [1.807, 2.05) is 301 Å². The molecule has 0 aliphatic heterocycles. The molecule has 0 spiro atoms. The first kappa shape index (κ1) is 75.4. The second-order valence-corrected chi connectivity index (χ2v) is 39.2. The molecule has 8 nitrogen and oxygen atoms in total. The third-order valence-corrected chi connectivity index (χ3v) is 25.5. The van der Waals surface area contributed by atoms with Crippen molar-refractivity contribution in [2.45, 2.75) is 204 Å². The third kappa shape index (κ3) is 20.8. The molecule has 0 aliphatic carbocycles. The van der Waals surface area contributed by atoms with E-state index in [1.165, 1.54) is 12.1 Å². The van der Waals surface area contributed by atoms with Gasteiger partial charge in [0.05, 0.1) is 44.6 Å². The van der Waals surface area contributed by atoms with E-state index >= 15 is 0 Å². The van der Waals surface area contributed by atoms with E-state index < -0.39 is 86.1 Å². The number of benzene rings is 14. The molecular formula is C127H126N6O2Pt2-2. The van der Waals surface area contributed by atoms with Gasteiger partial charge in [-0.3, -0.25) is 19.1 Å². The molecule has 2 N–H and O–H groups in total. The number of nitrogens with zero attached hydrogens (tertiary/aromatic N) is 6. The average Bonchev–Trinajstić information content (AvgIpc) is 1.71. The summed E-state index contributed by atoms with van der Waals surface area (Å²) in [6.07, 6.45) is 3.55. The quantitative estimate of drug-likeness (QED) is 0.0830. The summed E-state index contributed by atoms with van der Waals surface area (Å²) < 4.78 is 181. The Balaban J connectivity index is 0.000000230. The van der Waals surface area contributed by atoms with Crippen LogP contribution in [0, 0.1) is 32.8 Å². The number of fused-ring (bicyclic) bond motifs is 2. The van der Waals surface area contributed by atoms with Gasteiger partial charge in [-0.05, 0) is 227 Å². The van der Waals surface area contributed by atoms with Gasteiger partial charge in [-0.15, -0.1) is 47.5 Å². The van der Waals surface area contributed by atoms with Crippen molar-refractivity contribution in [2.75, 3.05) is 0 Å². The predicted octanol–water partition coefficient (Wildman–Crippen LogP) is 34.5. The monoisotopic (exact) mass is 2180 g/mol. The van der Waals surface area contributed by atoms with E-state index in [9.17, 15) is 14.3 Å². The topological polar surface area (TPSA) is 102 Å². The Morgan fingerprint density at radius 1 is 0.321 bits per heavy atom. The van der Waals surface area contributed by atoms with Crippen LogP contribution in [0.1, 0.15) is 250 Å². The predicted molar refractivity (Wildman–Crippen MR) is 569 cm³/mol. The summed E-state index contributed by atoms with van der Waals surface area (Å²) in [7, 11) is 0. The van der Waals surface area contributed by atoms with Gasteiger partial charge < -0.3 is 10.2 Å². The van der Waals surface area contributed by atoms with Crippen LogP contribution in [-0.4, -0.2) is 39.3 Å². The van der Waals surface area contributed by atoms with Crippen LogP contribution in [0.2, 0.25) is 0 Å². The molecule has 4 aromatic heterocycles. The van der Waals surface area contributed by atoms with Gasteiger partial charge in [-0.2, -0.15) is 0 Å². The zero-order valence-electron chi connectivity index (χ0n) is 100. The van der Waals surface area contributed by atoms with Gasteiger partial charge in [-0.1, -0.05) is 389 Å². The van der Waals surface area contributed by atoms with Crippen LogP contribution < -0.4 is 0 Å². The van der Waals surface area contributed by atoms with Crippen LogP contribution in [0.15, 0.2) is 310 Å². The second kappa shape index (κ2) is 39.8. The Hall–Kier alpha value is -12.7. The van der Waals surface area contributed by atoms with Crippen molar-refractivity contribution >= 4 is 22.1 Å². The van der Waals surface area contributed by atoms with Crippen LogP contribution >= 0.6 is 0 Å². The standard InChI is InChI=1S/C64H64N3O.C63H62N3O.2Pt/c1-39(2)47-30-48(40(3)4)32-50(31-47)45-25-26-58(42(6)29-45)67-59-20-16-19-54(60(59)66-62(67)55-37-53(63(7,8)9)38-56(61(55)68)64(10,11)12)51-33-49(43-17-14-13-15-18-43)34-52(35-51)57-36-46(27-28-65-57)44-23-21-41(5)22-24-44;1-39(2)46-30-47(40(3)4)32-49(31-46)44-25-26-57(41(5)29-44)66-58-24-18-23-53(59(58)65-61(66)54-37-52(62(6,7)8)38-55(60(54)67)63(9,10)11)50-33-48(43-21-16-13-17-22-43)34-51(35-50)56-36-45(27-28-64-56)42-19-14-12-15-20-42;;/h13-34,36-40,68H,1-12H3;12-34,36-40,67H,1-11H3;;/q2*-1;;/i6D3,10D3,11D3,39D;5D3,9D3,10D3,39D;;. The van der Waals surface area contributed by atoms with Gasteiger partial charge in [0.15, 0.2) is 0 Å². The van der Waals surface area contributed by atoms with E-state index in [2.05, 4.69) is 64.1 Å². The number of aromatic hydroxyl groups is 2. The summed E-state index contributed by atoms with van der Waals surface area (Å²) in [5.74, 6) is -2.81. The van der Waals surface area contributed by atoms with Crippen molar-refractivity contribution in [3.8, 4) is 157 Å². The molecule has 0 amide bonds. The van der Waals surface area contributed by atoms with E-state index in [0.29, 0.717) is 89.1 Å². The zero-order valence-corrected chi connectivity index (χ0v) is 84.9. The number of hydrogen-bond acceptors (Lipinski definition) is 6. The summed E-state index contributed by atoms with van der Waals surface area (Å²) in [6.45, 7) is 13.3. The number of phenolic OH excluding ortho intramolecular Hbond substituents is 2. The fourth-order valence-electron chi connectivity index (χ4n) is 17.6. The number of aromatic nitrogens is 6. The summed E-state index contributed by atoms with van der Waals surface area (Å²) >= 11 is 0. The Morgan fingerprint density at radius 3 is 1.02 bits per heavy atom. The minimum atomic E-state index is -3.13. The molecule has 4 heterocycles. The normalized spacial score (nSPS) is 14.8. The summed E-state index contributed by atoms with van der Waals surface area (Å²) in [6, 6.07) is 101. The molecule has 0 fully saturated rings. The molecule has 0 saturated heterocycles. The fraction of sp³-hybridized carbons (Fsp3) is 0.244. The van der Waals surface area contributed by atoms with Gasteiger partial charge in [0.2, 0.25) is 0 Å². The molecule has 0 saturated carbocycles. The molecule has 18 rings (SSSR count). The van der Waals surface area contributed by atoms with Gasteiger partial charge in [-0.25, -0.2) is 9.97 Å². The number of hydrogen-bond donors (Lipinski definition) is 2. The molecule has 18 aromatic rings. The molecule has 137 heavy (non-hydrogen) atoms. The van der Waals surface area contributed by atoms with Crippen LogP contribution in [-0.2, 0) is 63.8 Å². The summed E-state index contributed by atoms with van der Waals surface area (Å²) in [5.41, 5.74) is 16.0. The number of phenols is 2. The number of para-hydroxylation sites is 2. The molecule has 14 aromatic carbocycles. The van der Waals surface area contributed by atoms with E-state index in [1.54, 1.807) is 57.9 Å².